The molecular formula is C22H16N6O. The number of benzene rings is 2. The summed E-state index contributed by atoms with van der Waals surface area (Å²) in [5, 5.41) is 5.15. The molecule has 0 saturated carbocycles. The lowest BCUT2D eigenvalue weighted by molar-refractivity contribution is 0.103. The Morgan fingerprint density at radius 2 is 2.03 bits per heavy atom. The van der Waals surface area contributed by atoms with E-state index in [0.29, 0.717) is 11.3 Å². The number of nitrogens with one attached hydrogen (secondary N) is 2. The monoisotopic (exact) mass is 380 g/mol. The third kappa shape index (κ3) is 2.58. The van der Waals surface area contributed by atoms with Crippen LogP contribution in [0.2, 0.25) is 0 Å². The highest BCUT2D eigenvalue weighted by Gasteiger charge is 2.20. The van der Waals surface area contributed by atoms with Gasteiger partial charge in [0.2, 0.25) is 5.78 Å². The van der Waals surface area contributed by atoms with Gasteiger partial charge < -0.3 is 15.7 Å². The van der Waals surface area contributed by atoms with Crippen LogP contribution in [0, 0.1) is 19.3 Å². The lowest BCUT2D eigenvalue weighted by Gasteiger charge is -2.05. The summed E-state index contributed by atoms with van der Waals surface area (Å²) in [4.78, 5) is 23.8. The van der Waals surface area contributed by atoms with E-state index in [1.807, 2.05) is 43.3 Å². The van der Waals surface area contributed by atoms with Crippen molar-refractivity contribution in [2.24, 2.45) is 0 Å². The van der Waals surface area contributed by atoms with Crippen LogP contribution in [0.25, 0.3) is 27.6 Å². The minimum atomic E-state index is -0.244. The first-order valence-electron chi connectivity index (χ1n) is 8.98. The van der Waals surface area contributed by atoms with Crippen molar-refractivity contribution in [3.8, 4) is 18.0 Å². The first-order valence-corrected chi connectivity index (χ1v) is 8.98. The fourth-order valence-electron chi connectivity index (χ4n) is 3.54. The van der Waals surface area contributed by atoms with Gasteiger partial charge in [-0.05, 0) is 43.3 Å². The van der Waals surface area contributed by atoms with Gasteiger partial charge in [0.15, 0.2) is 0 Å². The Morgan fingerprint density at radius 1 is 1.17 bits per heavy atom. The van der Waals surface area contributed by atoms with Crippen LogP contribution in [-0.4, -0.2) is 30.5 Å². The standard InChI is InChI=1S/C22H16N6O/c1-3-13-5-4-6-17-15(13)10-20(27-17)21(29)16-11-24-28(22(16)23)14-7-8-18-19(9-14)26-12(2)25-18/h1,4-11,27H,23H2,2H3,(H,25,26). The molecule has 5 rings (SSSR count). The minimum Gasteiger partial charge on any atom is -0.383 e. The Balaban J connectivity index is 1.56. The number of carbonyl (C=O) groups excluding carboxylic acids is 1. The summed E-state index contributed by atoms with van der Waals surface area (Å²) in [7, 11) is 0. The Kier molecular flexibility index (Phi) is 3.54. The van der Waals surface area contributed by atoms with E-state index >= 15 is 0 Å². The van der Waals surface area contributed by atoms with E-state index in [2.05, 4.69) is 26.0 Å². The van der Waals surface area contributed by atoms with Crippen molar-refractivity contribution in [2.75, 3.05) is 5.73 Å². The number of aromatic nitrogens is 5. The zero-order valence-electron chi connectivity index (χ0n) is 15.5. The summed E-state index contributed by atoms with van der Waals surface area (Å²) in [5.41, 5.74) is 11.0. The summed E-state index contributed by atoms with van der Waals surface area (Å²) >= 11 is 0. The van der Waals surface area contributed by atoms with E-state index in [1.165, 1.54) is 6.20 Å². The number of ketones is 1. The average Bonchev–Trinajstić information content (AvgIpc) is 3.41. The molecule has 29 heavy (non-hydrogen) atoms. The third-order valence-corrected chi connectivity index (χ3v) is 4.94. The van der Waals surface area contributed by atoms with Gasteiger partial charge in [-0.2, -0.15) is 5.10 Å². The SMILES string of the molecule is C#Cc1cccc2[nH]c(C(=O)c3cnn(-c4ccc5nc(C)[nH]c5c4)c3N)cc12. The van der Waals surface area contributed by atoms with Crippen molar-refractivity contribution in [1.82, 2.24) is 24.7 Å². The molecule has 4 N–H and O–H groups in total. The number of hydrogen-bond donors (Lipinski definition) is 3. The van der Waals surface area contributed by atoms with Gasteiger partial charge in [0.05, 0.1) is 34.2 Å². The number of imidazole rings is 1. The van der Waals surface area contributed by atoms with E-state index in [9.17, 15) is 4.79 Å². The molecule has 7 heteroatoms. The molecule has 0 aliphatic rings. The number of hydrogen-bond acceptors (Lipinski definition) is 4. The van der Waals surface area contributed by atoms with E-state index in [1.54, 1.807) is 10.7 Å². The van der Waals surface area contributed by atoms with E-state index in [-0.39, 0.29) is 11.6 Å². The first kappa shape index (κ1) is 16.8. The van der Waals surface area contributed by atoms with Gasteiger partial charge in [0.1, 0.15) is 11.6 Å². The van der Waals surface area contributed by atoms with Gasteiger partial charge in [0, 0.05) is 16.5 Å². The molecule has 0 aliphatic carbocycles. The van der Waals surface area contributed by atoms with Crippen molar-refractivity contribution in [3.05, 3.63) is 71.3 Å². The number of anilines is 1. The smallest absolute Gasteiger partial charge is 0.214 e. The molecule has 140 valence electrons. The maximum Gasteiger partial charge on any atom is 0.214 e. The molecule has 0 atom stereocenters. The summed E-state index contributed by atoms with van der Waals surface area (Å²) in [5.74, 6) is 3.48. The number of fused-ring (bicyclic) bond motifs is 2. The van der Waals surface area contributed by atoms with Gasteiger partial charge >= 0.3 is 0 Å². The lowest BCUT2D eigenvalue weighted by Crippen LogP contribution is -2.07. The summed E-state index contributed by atoms with van der Waals surface area (Å²) in [6.45, 7) is 1.89. The third-order valence-electron chi connectivity index (χ3n) is 4.94. The summed E-state index contributed by atoms with van der Waals surface area (Å²) in [6, 6.07) is 13.0. The molecule has 0 unspecified atom stereocenters. The number of H-pyrrole nitrogens is 2. The van der Waals surface area contributed by atoms with Crippen molar-refractivity contribution in [1.29, 1.82) is 0 Å². The predicted octanol–water partition coefficient (Wildman–Crippen LogP) is 3.33. The van der Waals surface area contributed by atoms with Crippen molar-refractivity contribution >= 4 is 33.5 Å². The molecule has 2 aromatic carbocycles. The first-order chi connectivity index (χ1) is 14.0. The molecule has 7 nitrogen and oxygen atoms in total. The lowest BCUT2D eigenvalue weighted by atomic mass is 10.1. The number of nitrogen functional groups attached to an aromatic ring is 1. The molecule has 0 bridgehead atoms. The number of nitrogens with zero attached hydrogens (tertiary/aromatic N) is 3. The van der Waals surface area contributed by atoms with Gasteiger partial charge in [-0.15, -0.1) is 6.42 Å². The second-order valence-corrected chi connectivity index (χ2v) is 6.80. The Hall–Kier alpha value is -4.31. The number of aryl methyl sites for hydroxylation is 1. The molecule has 0 aliphatic heterocycles. The van der Waals surface area contributed by atoms with Crippen molar-refractivity contribution < 1.29 is 4.79 Å². The van der Waals surface area contributed by atoms with Crippen LogP contribution in [0.1, 0.15) is 27.4 Å². The number of aromatic amines is 2. The second-order valence-electron chi connectivity index (χ2n) is 6.80. The highest BCUT2D eigenvalue weighted by atomic mass is 16.1. The second kappa shape index (κ2) is 6.11. The van der Waals surface area contributed by atoms with Gasteiger partial charge in [0.25, 0.3) is 0 Å². The van der Waals surface area contributed by atoms with Crippen molar-refractivity contribution in [3.63, 3.8) is 0 Å². The number of rotatable bonds is 3. The van der Waals surface area contributed by atoms with Crippen LogP contribution < -0.4 is 5.73 Å². The van der Waals surface area contributed by atoms with Crippen LogP contribution in [0.4, 0.5) is 5.82 Å². The molecule has 3 heterocycles. The topological polar surface area (TPSA) is 105 Å². The maximum absolute atomic E-state index is 13.1. The van der Waals surface area contributed by atoms with Gasteiger partial charge in [-0.1, -0.05) is 12.0 Å². The predicted molar refractivity (Wildman–Crippen MR) is 112 cm³/mol. The van der Waals surface area contributed by atoms with Gasteiger partial charge in [-0.25, -0.2) is 9.67 Å². The molecular weight excluding hydrogens is 364 g/mol. The fourth-order valence-corrected chi connectivity index (χ4v) is 3.54. The zero-order valence-corrected chi connectivity index (χ0v) is 15.5. The summed E-state index contributed by atoms with van der Waals surface area (Å²) in [6.07, 6.45) is 7.04. The molecule has 0 radical (unpaired) electrons. The fraction of sp³-hybridized carbons (Fsp3) is 0.0455. The molecule has 0 amide bonds. The molecule has 0 fully saturated rings. The Labute approximate surface area is 165 Å². The zero-order chi connectivity index (χ0) is 20.1. The van der Waals surface area contributed by atoms with Crippen LogP contribution in [0.5, 0.6) is 0 Å². The normalized spacial score (nSPS) is 11.2. The minimum absolute atomic E-state index is 0.244. The highest BCUT2D eigenvalue weighted by molar-refractivity contribution is 6.13. The molecule has 3 aromatic heterocycles. The van der Waals surface area contributed by atoms with Crippen LogP contribution in [0.3, 0.4) is 0 Å². The van der Waals surface area contributed by atoms with E-state index in [0.717, 1.165) is 39.0 Å². The maximum atomic E-state index is 13.1. The molecule has 0 spiro atoms. The van der Waals surface area contributed by atoms with Gasteiger partial charge in [-0.3, -0.25) is 4.79 Å². The van der Waals surface area contributed by atoms with E-state index < -0.39 is 0 Å². The Bertz CT molecular complexity index is 1460. The van der Waals surface area contributed by atoms with Crippen LogP contribution in [-0.2, 0) is 0 Å². The Morgan fingerprint density at radius 3 is 2.86 bits per heavy atom. The number of carbonyl (C=O) groups is 1. The number of nitrogens with two attached hydrogens (primary N) is 1. The summed E-state index contributed by atoms with van der Waals surface area (Å²) < 4.78 is 1.54. The molecule has 5 aromatic rings. The number of terminal acetylenes is 1. The van der Waals surface area contributed by atoms with Crippen LogP contribution >= 0.6 is 0 Å². The van der Waals surface area contributed by atoms with E-state index in [4.69, 9.17) is 12.2 Å². The quantitative estimate of drug-likeness (QED) is 0.330. The largest absolute Gasteiger partial charge is 0.383 e. The average molecular weight is 380 g/mol. The molecule has 0 saturated heterocycles. The van der Waals surface area contributed by atoms with Crippen molar-refractivity contribution in [2.45, 2.75) is 6.92 Å². The highest BCUT2D eigenvalue weighted by Crippen LogP contribution is 2.25. The van der Waals surface area contributed by atoms with Crippen LogP contribution in [0.15, 0.2) is 48.7 Å².